The molecule has 2 unspecified atom stereocenters. The largest absolute Gasteiger partial charge is 0.454 e. The Morgan fingerprint density at radius 3 is 2.78 bits per heavy atom. The molecule has 0 amide bonds. The van der Waals surface area contributed by atoms with Crippen LogP contribution in [0.15, 0.2) is 42.7 Å². The summed E-state index contributed by atoms with van der Waals surface area (Å²) in [5.74, 6) is 0.374. The molecule has 0 saturated carbocycles. The molecule has 0 bridgehead atoms. The maximum absolute atomic E-state index is 9.69. The van der Waals surface area contributed by atoms with Gasteiger partial charge < -0.3 is 14.2 Å². The van der Waals surface area contributed by atoms with Crippen LogP contribution in [0.2, 0.25) is 0 Å². The minimum absolute atomic E-state index is 0.115. The molecule has 2 aromatic heterocycles. The van der Waals surface area contributed by atoms with Gasteiger partial charge in [-0.05, 0) is 35.9 Å². The molecule has 0 aliphatic carbocycles. The molecule has 2 aliphatic rings. The molecule has 3 aromatic rings. The van der Waals surface area contributed by atoms with Gasteiger partial charge in [0.1, 0.15) is 5.92 Å². The normalized spacial score (nSPS) is 19.9. The van der Waals surface area contributed by atoms with E-state index >= 15 is 0 Å². The summed E-state index contributed by atoms with van der Waals surface area (Å²) in [6.07, 6.45) is 3.34. The van der Waals surface area contributed by atoms with Crippen LogP contribution in [0.5, 0.6) is 17.4 Å². The van der Waals surface area contributed by atoms with Crippen LogP contribution in [0, 0.1) is 22.7 Å². The Kier molecular flexibility index (Phi) is 3.33. The summed E-state index contributed by atoms with van der Waals surface area (Å²) in [4.78, 5) is 4.05. The Balaban J connectivity index is 1.70. The van der Waals surface area contributed by atoms with Crippen molar-refractivity contribution in [1.29, 1.82) is 10.7 Å². The van der Waals surface area contributed by atoms with Gasteiger partial charge >= 0.3 is 0 Å². The second-order valence-electron chi connectivity index (χ2n) is 6.22. The number of ether oxygens (including phenoxy) is 3. The molecule has 8 heteroatoms. The number of rotatable bonds is 2. The first-order valence-corrected chi connectivity index (χ1v) is 8.30. The van der Waals surface area contributed by atoms with Gasteiger partial charge in [-0.2, -0.15) is 5.26 Å². The average Bonchev–Trinajstić information content (AvgIpc) is 3.33. The van der Waals surface area contributed by atoms with E-state index in [-0.39, 0.29) is 12.7 Å². The highest BCUT2D eigenvalue weighted by atomic mass is 16.7. The number of nitrogens with zero attached hydrogens (tertiary/aromatic N) is 3. The Bertz CT molecular complexity index is 1090. The predicted molar refractivity (Wildman–Crippen MR) is 93.7 cm³/mol. The fourth-order valence-corrected chi connectivity index (χ4v) is 3.52. The Labute approximate surface area is 153 Å². The minimum Gasteiger partial charge on any atom is -0.454 e. The van der Waals surface area contributed by atoms with Crippen molar-refractivity contribution in [1.82, 2.24) is 15.2 Å². The third kappa shape index (κ3) is 2.33. The molecule has 5 rings (SSSR count). The molecule has 2 aliphatic heterocycles. The van der Waals surface area contributed by atoms with E-state index in [0.717, 1.165) is 22.4 Å². The Morgan fingerprint density at radius 2 is 1.96 bits per heavy atom. The summed E-state index contributed by atoms with van der Waals surface area (Å²) in [6, 6.07) is 11.5. The minimum atomic E-state index is -0.759. The van der Waals surface area contributed by atoms with Crippen molar-refractivity contribution in [3.63, 3.8) is 0 Å². The number of H-pyrrole nitrogens is 1. The molecule has 0 fully saturated rings. The number of aromatic nitrogens is 3. The lowest BCUT2D eigenvalue weighted by Crippen LogP contribution is -2.30. The van der Waals surface area contributed by atoms with Crippen molar-refractivity contribution < 1.29 is 14.2 Å². The third-order valence-corrected chi connectivity index (χ3v) is 4.77. The topological polar surface area (TPSA) is 117 Å². The molecular weight excluding hydrogens is 346 g/mol. The number of hydrogen-bond acceptors (Lipinski definition) is 7. The average molecular weight is 359 g/mol. The number of aromatic amines is 1. The van der Waals surface area contributed by atoms with Crippen molar-refractivity contribution in [3.05, 3.63) is 53.9 Å². The molecule has 1 aromatic carbocycles. The van der Waals surface area contributed by atoms with Crippen molar-refractivity contribution in [2.75, 3.05) is 6.79 Å². The smallest absolute Gasteiger partial charge is 0.244 e. The quantitative estimate of drug-likeness (QED) is 0.726. The highest BCUT2D eigenvalue weighted by molar-refractivity contribution is 5.86. The summed E-state index contributed by atoms with van der Waals surface area (Å²) in [5, 5.41) is 25.0. The molecule has 0 saturated heterocycles. The molecule has 27 heavy (non-hydrogen) atoms. The fraction of sp³-hybridized carbons (Fsp3) is 0.158. The number of nitrogens with one attached hydrogen (secondary N) is 2. The zero-order valence-corrected chi connectivity index (χ0v) is 14.0. The van der Waals surface area contributed by atoms with E-state index in [2.05, 4.69) is 21.3 Å². The monoisotopic (exact) mass is 359 g/mol. The van der Waals surface area contributed by atoms with Crippen LogP contribution in [0.3, 0.4) is 0 Å². The van der Waals surface area contributed by atoms with Crippen molar-refractivity contribution in [2.24, 2.45) is 5.92 Å². The Hall–Kier alpha value is -3.86. The highest BCUT2D eigenvalue weighted by Crippen LogP contribution is 2.46. The van der Waals surface area contributed by atoms with Gasteiger partial charge in [0.15, 0.2) is 11.5 Å². The van der Waals surface area contributed by atoms with E-state index in [1.54, 1.807) is 12.4 Å². The maximum atomic E-state index is 9.69. The van der Waals surface area contributed by atoms with E-state index in [9.17, 15) is 5.26 Å². The lowest BCUT2D eigenvalue weighted by Gasteiger charge is -2.28. The number of benzene rings is 1. The number of hydrogen-bond donors (Lipinski definition) is 2. The van der Waals surface area contributed by atoms with Crippen LogP contribution >= 0.6 is 0 Å². The van der Waals surface area contributed by atoms with Gasteiger partial charge in [0.05, 0.1) is 17.3 Å². The van der Waals surface area contributed by atoms with Crippen LogP contribution < -0.4 is 14.2 Å². The van der Waals surface area contributed by atoms with E-state index in [1.165, 1.54) is 0 Å². The van der Waals surface area contributed by atoms with Crippen LogP contribution in [-0.4, -0.2) is 27.9 Å². The van der Waals surface area contributed by atoms with Crippen LogP contribution in [0.4, 0.5) is 0 Å². The summed E-state index contributed by atoms with van der Waals surface area (Å²) in [6.45, 7) is 0.191. The molecule has 2 atom stereocenters. The first-order valence-electron chi connectivity index (χ1n) is 8.30. The van der Waals surface area contributed by atoms with Crippen LogP contribution in [0.25, 0.3) is 11.3 Å². The third-order valence-electron chi connectivity index (χ3n) is 4.77. The van der Waals surface area contributed by atoms with E-state index in [1.807, 2.05) is 30.3 Å². The summed E-state index contributed by atoms with van der Waals surface area (Å²) >= 11 is 0. The summed E-state index contributed by atoms with van der Waals surface area (Å²) in [7, 11) is 0. The standard InChI is InChI=1S/C19H13N5O3/c20-8-12-15(10-3-5-22-6-4-10)16-17(23-24-19(16)27-18(12)21)11-1-2-13-14(7-11)26-9-25-13/h1-7,12,15,21H,9H2,(H,23,24). The SMILES string of the molecule is N#CC1C(=N)Oc2n[nH]c(-c3ccc4c(c3)OCO4)c2C1c1ccncc1. The molecule has 2 N–H and O–H groups in total. The van der Waals surface area contributed by atoms with Crippen molar-refractivity contribution >= 4 is 5.90 Å². The van der Waals surface area contributed by atoms with E-state index < -0.39 is 11.8 Å². The van der Waals surface area contributed by atoms with Gasteiger partial charge in [0.2, 0.25) is 18.6 Å². The first kappa shape index (κ1) is 15.4. The summed E-state index contributed by atoms with van der Waals surface area (Å²) < 4.78 is 16.4. The maximum Gasteiger partial charge on any atom is 0.244 e. The predicted octanol–water partition coefficient (Wildman–Crippen LogP) is 2.84. The lowest BCUT2D eigenvalue weighted by atomic mass is 9.79. The van der Waals surface area contributed by atoms with E-state index in [4.69, 9.17) is 19.6 Å². The Morgan fingerprint density at radius 1 is 1.15 bits per heavy atom. The zero-order chi connectivity index (χ0) is 18.4. The molecule has 132 valence electrons. The summed E-state index contributed by atoms with van der Waals surface area (Å²) in [5.41, 5.74) is 3.16. The van der Waals surface area contributed by atoms with Gasteiger partial charge in [-0.25, -0.2) is 0 Å². The van der Waals surface area contributed by atoms with Crippen molar-refractivity contribution in [2.45, 2.75) is 5.92 Å². The second-order valence-corrected chi connectivity index (χ2v) is 6.22. The molecular formula is C19H13N5O3. The molecule has 4 heterocycles. The second kappa shape index (κ2) is 5.85. The van der Waals surface area contributed by atoms with Gasteiger partial charge in [0.25, 0.3) is 0 Å². The number of fused-ring (bicyclic) bond motifs is 2. The van der Waals surface area contributed by atoms with Gasteiger partial charge in [-0.15, -0.1) is 5.10 Å². The molecule has 8 nitrogen and oxygen atoms in total. The van der Waals surface area contributed by atoms with Gasteiger partial charge in [-0.3, -0.25) is 15.5 Å². The lowest BCUT2D eigenvalue weighted by molar-refractivity contribution is 0.174. The van der Waals surface area contributed by atoms with Gasteiger partial charge in [-0.1, -0.05) is 0 Å². The highest BCUT2D eigenvalue weighted by Gasteiger charge is 2.40. The molecule has 0 spiro atoms. The van der Waals surface area contributed by atoms with Crippen LogP contribution in [0.1, 0.15) is 17.0 Å². The fourth-order valence-electron chi connectivity index (χ4n) is 3.52. The molecule has 0 radical (unpaired) electrons. The number of nitriles is 1. The van der Waals surface area contributed by atoms with E-state index in [0.29, 0.717) is 17.4 Å². The van der Waals surface area contributed by atoms with Crippen molar-refractivity contribution in [3.8, 4) is 34.7 Å². The first-order chi connectivity index (χ1) is 13.3. The zero-order valence-electron chi connectivity index (χ0n) is 14.0. The van der Waals surface area contributed by atoms with Crippen LogP contribution in [-0.2, 0) is 0 Å². The van der Waals surface area contributed by atoms with Gasteiger partial charge in [0, 0.05) is 23.9 Å². The number of pyridine rings is 1.